The molecule has 7 nitrogen and oxygen atoms in total. The lowest BCUT2D eigenvalue weighted by atomic mass is 9.88. The Morgan fingerprint density at radius 2 is 1.84 bits per heavy atom. The number of fused-ring (bicyclic) bond motifs is 1. The van der Waals surface area contributed by atoms with Crippen LogP contribution in [0.25, 0.3) is 22.0 Å². The van der Waals surface area contributed by atoms with E-state index in [1.807, 2.05) is 18.3 Å². The van der Waals surface area contributed by atoms with Crippen LogP contribution >= 0.6 is 11.3 Å². The minimum absolute atomic E-state index is 0.126. The van der Waals surface area contributed by atoms with Gasteiger partial charge in [-0.1, -0.05) is 30.3 Å². The molecule has 0 radical (unpaired) electrons. The number of H-pyrrole nitrogens is 1. The van der Waals surface area contributed by atoms with Crippen molar-refractivity contribution < 1.29 is 13.2 Å². The second kappa shape index (κ2) is 11.0. The standard InChI is InChI=1S/C29H34N4O3S2/c1-3-38(35,36)33-11-9-21(10-12-33)27-16-31-28-25(27)14-22(15-26(28)29(30)34)23-13-24(37-19-23)18-32(2)17-20-7-5-4-6-8-20/h4-8,13-16,19,21,31H,3,9-12,17-18H2,1-2H3,(H2,30,34). The van der Waals surface area contributed by atoms with Crippen molar-refractivity contribution >= 4 is 38.2 Å². The summed E-state index contributed by atoms with van der Waals surface area (Å²) in [6, 6.07) is 16.6. The van der Waals surface area contributed by atoms with E-state index < -0.39 is 15.9 Å². The number of benzene rings is 2. The third-order valence-electron chi connectivity index (χ3n) is 7.45. The van der Waals surface area contributed by atoms with Gasteiger partial charge in [-0.2, -0.15) is 0 Å². The average molecular weight is 551 g/mol. The highest BCUT2D eigenvalue weighted by molar-refractivity contribution is 7.89. The molecule has 1 amide bonds. The summed E-state index contributed by atoms with van der Waals surface area (Å²) in [7, 11) is -1.06. The molecule has 1 aliphatic rings. The average Bonchev–Trinajstić information content (AvgIpc) is 3.56. The lowest BCUT2D eigenvalue weighted by Crippen LogP contribution is -2.38. The number of sulfonamides is 1. The van der Waals surface area contributed by atoms with Crippen LogP contribution in [0.3, 0.4) is 0 Å². The Hall–Kier alpha value is -2.98. The Labute approximate surface area is 228 Å². The molecular formula is C29H34N4O3S2. The molecule has 2 aromatic carbocycles. The van der Waals surface area contributed by atoms with Gasteiger partial charge in [0.25, 0.3) is 5.91 Å². The number of carbonyl (C=O) groups excluding carboxylic acids is 1. The zero-order chi connectivity index (χ0) is 26.9. The number of nitrogens with one attached hydrogen (secondary N) is 1. The quantitative estimate of drug-likeness (QED) is 0.301. The number of amides is 1. The van der Waals surface area contributed by atoms with Crippen LogP contribution in [-0.4, -0.2) is 54.4 Å². The Kier molecular flexibility index (Phi) is 7.72. The Morgan fingerprint density at radius 1 is 1.11 bits per heavy atom. The van der Waals surface area contributed by atoms with E-state index in [1.54, 1.807) is 22.6 Å². The first-order valence-electron chi connectivity index (χ1n) is 13.0. The molecule has 0 atom stereocenters. The van der Waals surface area contributed by atoms with Gasteiger partial charge in [-0.25, -0.2) is 12.7 Å². The van der Waals surface area contributed by atoms with Crippen molar-refractivity contribution in [2.45, 2.75) is 38.8 Å². The highest BCUT2D eigenvalue weighted by Crippen LogP contribution is 2.38. The molecule has 1 fully saturated rings. The van der Waals surface area contributed by atoms with Crippen molar-refractivity contribution in [1.29, 1.82) is 0 Å². The summed E-state index contributed by atoms with van der Waals surface area (Å²) in [5.41, 5.74) is 11.5. The third-order valence-corrected chi connectivity index (χ3v) is 10.2. The van der Waals surface area contributed by atoms with Crippen LogP contribution in [0.4, 0.5) is 0 Å². The molecule has 3 heterocycles. The molecule has 2 aromatic heterocycles. The Balaban J connectivity index is 1.40. The monoisotopic (exact) mass is 550 g/mol. The zero-order valence-corrected chi connectivity index (χ0v) is 23.4. The summed E-state index contributed by atoms with van der Waals surface area (Å²) in [5, 5.41) is 3.12. The molecule has 9 heteroatoms. The van der Waals surface area contributed by atoms with Gasteiger partial charge < -0.3 is 10.7 Å². The summed E-state index contributed by atoms with van der Waals surface area (Å²) < 4.78 is 26.2. The van der Waals surface area contributed by atoms with E-state index in [0.717, 1.165) is 53.5 Å². The van der Waals surface area contributed by atoms with Crippen molar-refractivity contribution in [3.8, 4) is 11.1 Å². The van der Waals surface area contributed by atoms with Gasteiger partial charge in [0.2, 0.25) is 10.0 Å². The predicted octanol–water partition coefficient (Wildman–Crippen LogP) is 5.16. The van der Waals surface area contributed by atoms with Gasteiger partial charge in [0.05, 0.1) is 16.8 Å². The molecule has 5 rings (SSSR count). The number of hydrogen-bond donors (Lipinski definition) is 2. The van der Waals surface area contributed by atoms with Crippen LogP contribution in [0.2, 0.25) is 0 Å². The van der Waals surface area contributed by atoms with Crippen LogP contribution in [-0.2, 0) is 23.1 Å². The van der Waals surface area contributed by atoms with Gasteiger partial charge in [0.1, 0.15) is 0 Å². The number of aromatic nitrogens is 1. The van der Waals surface area contributed by atoms with E-state index in [4.69, 9.17) is 5.73 Å². The smallest absolute Gasteiger partial charge is 0.250 e. The van der Waals surface area contributed by atoms with Crippen LogP contribution in [0.1, 0.15) is 52.0 Å². The second-order valence-electron chi connectivity index (χ2n) is 10.1. The molecule has 0 unspecified atom stereocenters. The van der Waals surface area contributed by atoms with E-state index in [0.29, 0.717) is 18.7 Å². The highest BCUT2D eigenvalue weighted by atomic mass is 32.2. The lowest BCUT2D eigenvalue weighted by Gasteiger charge is -2.31. The van der Waals surface area contributed by atoms with Crippen molar-refractivity contribution in [2.24, 2.45) is 5.73 Å². The molecule has 200 valence electrons. The highest BCUT2D eigenvalue weighted by Gasteiger charge is 2.29. The molecule has 0 spiro atoms. The number of nitrogens with zero attached hydrogens (tertiary/aromatic N) is 2. The zero-order valence-electron chi connectivity index (χ0n) is 21.8. The SMILES string of the molecule is CCS(=O)(=O)N1CCC(c2c[nH]c3c(C(N)=O)cc(-c4csc(CN(C)Cc5ccccc5)c4)cc23)CC1. The van der Waals surface area contributed by atoms with Gasteiger partial charge in [-0.15, -0.1) is 11.3 Å². The van der Waals surface area contributed by atoms with E-state index >= 15 is 0 Å². The van der Waals surface area contributed by atoms with Crippen LogP contribution in [0, 0.1) is 0 Å². The second-order valence-corrected chi connectivity index (χ2v) is 13.3. The van der Waals surface area contributed by atoms with E-state index in [9.17, 15) is 13.2 Å². The summed E-state index contributed by atoms with van der Waals surface area (Å²) in [5.74, 6) is -0.124. The summed E-state index contributed by atoms with van der Waals surface area (Å²) >= 11 is 1.71. The van der Waals surface area contributed by atoms with Crippen molar-refractivity contribution in [3.05, 3.63) is 81.7 Å². The first-order valence-corrected chi connectivity index (χ1v) is 15.5. The lowest BCUT2D eigenvalue weighted by molar-refractivity contribution is 0.100. The van der Waals surface area contributed by atoms with Gasteiger partial charge in [-0.3, -0.25) is 9.69 Å². The van der Waals surface area contributed by atoms with Gasteiger partial charge in [0.15, 0.2) is 0 Å². The maximum atomic E-state index is 12.4. The third kappa shape index (κ3) is 5.56. The fraction of sp³-hybridized carbons (Fsp3) is 0.345. The number of aromatic amines is 1. The Morgan fingerprint density at radius 3 is 2.53 bits per heavy atom. The Bertz CT molecular complexity index is 1530. The minimum Gasteiger partial charge on any atom is -0.366 e. The fourth-order valence-electron chi connectivity index (χ4n) is 5.41. The van der Waals surface area contributed by atoms with Gasteiger partial charge >= 0.3 is 0 Å². The largest absolute Gasteiger partial charge is 0.366 e. The van der Waals surface area contributed by atoms with Crippen LogP contribution in [0.5, 0.6) is 0 Å². The maximum Gasteiger partial charge on any atom is 0.250 e. The predicted molar refractivity (Wildman–Crippen MR) is 155 cm³/mol. The number of hydrogen-bond acceptors (Lipinski definition) is 5. The number of rotatable bonds is 9. The molecule has 0 aliphatic carbocycles. The maximum absolute atomic E-state index is 12.4. The molecule has 1 saturated heterocycles. The van der Waals surface area contributed by atoms with E-state index in [2.05, 4.69) is 58.7 Å². The molecule has 0 bridgehead atoms. The van der Waals surface area contributed by atoms with Crippen LogP contribution < -0.4 is 5.73 Å². The first kappa shape index (κ1) is 26.6. The minimum atomic E-state index is -3.18. The number of primary amides is 1. The molecule has 38 heavy (non-hydrogen) atoms. The molecule has 0 saturated carbocycles. The van der Waals surface area contributed by atoms with Crippen LogP contribution in [0.15, 0.2) is 60.1 Å². The fourth-order valence-corrected chi connectivity index (χ4v) is 7.52. The number of piperidine rings is 1. The first-order chi connectivity index (χ1) is 18.2. The summed E-state index contributed by atoms with van der Waals surface area (Å²) in [4.78, 5) is 19.2. The molecule has 1 aliphatic heterocycles. The van der Waals surface area contributed by atoms with Gasteiger partial charge in [0, 0.05) is 42.6 Å². The topological polar surface area (TPSA) is 99.5 Å². The number of nitrogens with two attached hydrogens (primary N) is 1. The normalized spacial score (nSPS) is 15.4. The summed E-state index contributed by atoms with van der Waals surface area (Å²) in [6.07, 6.45) is 3.46. The van der Waals surface area contributed by atoms with Crippen molar-refractivity contribution in [2.75, 3.05) is 25.9 Å². The van der Waals surface area contributed by atoms with Crippen molar-refractivity contribution in [1.82, 2.24) is 14.2 Å². The molecule has 4 aromatic rings. The van der Waals surface area contributed by atoms with Crippen molar-refractivity contribution in [3.63, 3.8) is 0 Å². The summed E-state index contributed by atoms with van der Waals surface area (Å²) in [6.45, 7) is 4.42. The van der Waals surface area contributed by atoms with Gasteiger partial charge in [-0.05, 0) is 78.6 Å². The number of carbonyl (C=O) groups is 1. The van der Waals surface area contributed by atoms with E-state index in [-0.39, 0.29) is 11.7 Å². The number of thiophene rings is 1. The molecular weight excluding hydrogens is 516 g/mol. The molecule has 3 N–H and O–H groups in total. The van der Waals surface area contributed by atoms with E-state index in [1.165, 1.54) is 10.4 Å².